The SMILES string of the molecule is COC(=O)c1nc(C#N)c(-c2ccc(C(F)(F)F)cc2)cc1O. The second kappa shape index (κ2) is 5.96. The molecule has 0 fully saturated rings. The van der Waals surface area contributed by atoms with Crippen LogP contribution in [0.5, 0.6) is 5.75 Å². The first kappa shape index (κ1) is 16.3. The van der Waals surface area contributed by atoms with Crippen LogP contribution >= 0.6 is 0 Å². The summed E-state index contributed by atoms with van der Waals surface area (Å²) >= 11 is 0. The van der Waals surface area contributed by atoms with E-state index in [2.05, 4.69) is 9.72 Å². The van der Waals surface area contributed by atoms with Gasteiger partial charge in [0.15, 0.2) is 5.69 Å². The highest BCUT2D eigenvalue weighted by Crippen LogP contribution is 2.33. The number of hydrogen-bond acceptors (Lipinski definition) is 5. The summed E-state index contributed by atoms with van der Waals surface area (Å²) in [6.45, 7) is 0. The molecular weight excluding hydrogens is 313 g/mol. The van der Waals surface area contributed by atoms with E-state index in [1.165, 1.54) is 0 Å². The molecule has 1 heterocycles. The Morgan fingerprint density at radius 2 is 1.91 bits per heavy atom. The maximum atomic E-state index is 12.6. The number of ether oxygens (including phenoxy) is 1. The van der Waals surface area contributed by atoms with Crippen LogP contribution in [0.25, 0.3) is 11.1 Å². The molecule has 118 valence electrons. The molecule has 8 heteroatoms. The highest BCUT2D eigenvalue weighted by Gasteiger charge is 2.30. The maximum Gasteiger partial charge on any atom is 0.416 e. The van der Waals surface area contributed by atoms with Gasteiger partial charge in [-0.3, -0.25) is 0 Å². The minimum Gasteiger partial charge on any atom is -0.505 e. The number of nitrogens with zero attached hydrogens (tertiary/aromatic N) is 2. The summed E-state index contributed by atoms with van der Waals surface area (Å²) in [5.41, 5.74) is -1.16. The number of carbonyl (C=O) groups is 1. The van der Waals surface area contributed by atoms with Crippen LogP contribution in [0, 0.1) is 11.3 Å². The third-order valence-corrected chi connectivity index (χ3v) is 3.01. The molecule has 2 rings (SSSR count). The molecular formula is C15H9F3N2O3. The molecule has 0 atom stereocenters. The molecule has 0 spiro atoms. The number of aromatic nitrogens is 1. The van der Waals surface area contributed by atoms with Crippen molar-refractivity contribution in [1.29, 1.82) is 5.26 Å². The lowest BCUT2D eigenvalue weighted by atomic mass is 10.0. The lowest BCUT2D eigenvalue weighted by Gasteiger charge is -2.10. The molecule has 0 saturated carbocycles. The molecule has 0 saturated heterocycles. The number of methoxy groups -OCH3 is 1. The topological polar surface area (TPSA) is 83.2 Å². The predicted octanol–water partition coefficient (Wildman–Crippen LogP) is 3.13. The van der Waals surface area contributed by atoms with Crippen molar-refractivity contribution < 1.29 is 27.8 Å². The Morgan fingerprint density at radius 1 is 1.30 bits per heavy atom. The van der Waals surface area contributed by atoms with Crippen LogP contribution in [0.2, 0.25) is 0 Å². The molecule has 2 aromatic rings. The van der Waals surface area contributed by atoms with Crippen LogP contribution in [0.15, 0.2) is 30.3 Å². The lowest BCUT2D eigenvalue weighted by Crippen LogP contribution is -2.07. The Morgan fingerprint density at radius 3 is 2.39 bits per heavy atom. The van der Waals surface area contributed by atoms with Gasteiger partial charge in [0.1, 0.15) is 17.5 Å². The van der Waals surface area contributed by atoms with E-state index in [1.54, 1.807) is 6.07 Å². The Bertz CT molecular complexity index is 793. The minimum absolute atomic E-state index is 0.103. The molecule has 5 nitrogen and oxygen atoms in total. The Hall–Kier alpha value is -3.08. The molecule has 0 unspecified atom stereocenters. The van der Waals surface area contributed by atoms with Crippen LogP contribution in [0.3, 0.4) is 0 Å². The van der Waals surface area contributed by atoms with Gasteiger partial charge < -0.3 is 9.84 Å². The largest absolute Gasteiger partial charge is 0.505 e. The zero-order valence-electron chi connectivity index (χ0n) is 11.7. The fourth-order valence-electron chi connectivity index (χ4n) is 1.89. The summed E-state index contributed by atoms with van der Waals surface area (Å²) in [4.78, 5) is 15.1. The first-order valence-electron chi connectivity index (χ1n) is 6.18. The highest BCUT2D eigenvalue weighted by atomic mass is 19.4. The van der Waals surface area contributed by atoms with Crippen LogP contribution in [-0.4, -0.2) is 23.2 Å². The van der Waals surface area contributed by atoms with Crippen molar-refractivity contribution in [1.82, 2.24) is 4.98 Å². The predicted molar refractivity (Wildman–Crippen MR) is 72.4 cm³/mol. The molecule has 0 aliphatic rings. The van der Waals surface area contributed by atoms with Gasteiger partial charge in [0.25, 0.3) is 0 Å². The molecule has 0 aliphatic carbocycles. The highest BCUT2D eigenvalue weighted by molar-refractivity contribution is 5.91. The monoisotopic (exact) mass is 322 g/mol. The van der Waals surface area contributed by atoms with Gasteiger partial charge in [0, 0.05) is 5.56 Å². The van der Waals surface area contributed by atoms with E-state index in [9.17, 15) is 23.1 Å². The number of alkyl halides is 3. The van der Waals surface area contributed by atoms with Gasteiger partial charge in [-0.05, 0) is 23.8 Å². The maximum absolute atomic E-state index is 12.6. The first-order chi connectivity index (χ1) is 10.8. The number of carbonyl (C=O) groups excluding carboxylic acids is 1. The molecule has 1 aromatic heterocycles. The molecule has 1 aromatic carbocycles. The van der Waals surface area contributed by atoms with Crippen LogP contribution in [0.1, 0.15) is 21.7 Å². The van der Waals surface area contributed by atoms with Crippen molar-refractivity contribution in [2.24, 2.45) is 0 Å². The van der Waals surface area contributed by atoms with E-state index < -0.39 is 29.2 Å². The summed E-state index contributed by atoms with van der Waals surface area (Å²) in [5, 5.41) is 18.9. The molecule has 0 radical (unpaired) electrons. The van der Waals surface area contributed by atoms with Crippen LogP contribution in [0.4, 0.5) is 13.2 Å². The standard InChI is InChI=1S/C15H9F3N2O3/c1-23-14(22)13-12(21)6-10(11(7-19)20-13)8-2-4-9(5-3-8)15(16,17)18/h2-6,21H,1H3. The first-order valence-corrected chi connectivity index (χ1v) is 6.18. The van der Waals surface area contributed by atoms with Crippen LogP contribution in [-0.2, 0) is 10.9 Å². The average molecular weight is 322 g/mol. The number of benzene rings is 1. The second-order valence-electron chi connectivity index (χ2n) is 4.43. The van der Waals surface area contributed by atoms with Crippen LogP contribution < -0.4 is 0 Å². The van der Waals surface area contributed by atoms with Gasteiger partial charge in [-0.15, -0.1) is 0 Å². The zero-order chi connectivity index (χ0) is 17.2. The van der Waals surface area contributed by atoms with Crippen molar-refractivity contribution >= 4 is 5.97 Å². The Balaban J connectivity index is 2.54. The third kappa shape index (κ3) is 3.23. The number of hydrogen-bond donors (Lipinski definition) is 1. The summed E-state index contributed by atoms with van der Waals surface area (Å²) in [6, 6.07) is 6.82. The normalized spacial score (nSPS) is 10.9. The number of aromatic hydroxyl groups is 1. The lowest BCUT2D eigenvalue weighted by molar-refractivity contribution is -0.137. The number of pyridine rings is 1. The van der Waals surface area contributed by atoms with E-state index in [0.29, 0.717) is 0 Å². The van der Waals surface area contributed by atoms with E-state index in [1.807, 2.05) is 0 Å². The van der Waals surface area contributed by atoms with Crippen molar-refractivity contribution in [3.05, 3.63) is 47.3 Å². The quantitative estimate of drug-likeness (QED) is 0.859. The van der Waals surface area contributed by atoms with Crippen molar-refractivity contribution in [3.63, 3.8) is 0 Å². The van der Waals surface area contributed by atoms with E-state index in [0.717, 1.165) is 37.4 Å². The van der Waals surface area contributed by atoms with Gasteiger partial charge in [-0.25, -0.2) is 9.78 Å². The molecule has 0 aliphatic heterocycles. The van der Waals surface area contributed by atoms with Crippen molar-refractivity contribution in [2.45, 2.75) is 6.18 Å². The van der Waals surface area contributed by atoms with E-state index in [-0.39, 0.29) is 16.8 Å². The van der Waals surface area contributed by atoms with Gasteiger partial charge in [-0.1, -0.05) is 12.1 Å². The third-order valence-electron chi connectivity index (χ3n) is 3.01. The average Bonchev–Trinajstić information content (AvgIpc) is 2.53. The smallest absolute Gasteiger partial charge is 0.416 e. The summed E-state index contributed by atoms with van der Waals surface area (Å²) in [6.07, 6.45) is -4.48. The number of nitriles is 1. The molecule has 1 N–H and O–H groups in total. The minimum atomic E-state index is -4.48. The summed E-state index contributed by atoms with van der Waals surface area (Å²) in [5.74, 6) is -1.47. The Labute approximate surface area is 128 Å². The second-order valence-corrected chi connectivity index (χ2v) is 4.43. The van der Waals surface area contributed by atoms with Gasteiger partial charge in [-0.2, -0.15) is 18.4 Å². The summed E-state index contributed by atoms with van der Waals surface area (Å²) in [7, 11) is 1.08. The van der Waals surface area contributed by atoms with Crippen molar-refractivity contribution in [2.75, 3.05) is 7.11 Å². The van der Waals surface area contributed by atoms with E-state index >= 15 is 0 Å². The zero-order valence-corrected chi connectivity index (χ0v) is 11.7. The Kier molecular flexibility index (Phi) is 4.22. The van der Waals surface area contributed by atoms with Gasteiger partial charge in [0.2, 0.25) is 0 Å². The van der Waals surface area contributed by atoms with Gasteiger partial charge >= 0.3 is 12.1 Å². The summed E-state index contributed by atoms with van der Waals surface area (Å²) < 4.78 is 42.1. The van der Waals surface area contributed by atoms with E-state index in [4.69, 9.17) is 5.26 Å². The fourth-order valence-corrected chi connectivity index (χ4v) is 1.89. The molecule has 23 heavy (non-hydrogen) atoms. The fraction of sp³-hybridized carbons (Fsp3) is 0.133. The number of esters is 1. The molecule has 0 bridgehead atoms. The molecule has 0 amide bonds. The van der Waals surface area contributed by atoms with Crippen molar-refractivity contribution in [3.8, 4) is 22.9 Å². The number of halogens is 3. The number of rotatable bonds is 2. The van der Waals surface area contributed by atoms with Gasteiger partial charge in [0.05, 0.1) is 12.7 Å².